The Hall–Kier alpha value is -2.28. The first-order valence-electron chi connectivity index (χ1n) is 9.64. The lowest BCUT2D eigenvalue weighted by atomic mass is 9.83. The highest BCUT2D eigenvalue weighted by atomic mass is 16.6. The molecule has 28 heavy (non-hydrogen) atoms. The van der Waals surface area contributed by atoms with Crippen LogP contribution < -0.4 is 4.74 Å². The molecule has 3 atom stereocenters. The van der Waals surface area contributed by atoms with Crippen LogP contribution in [0.1, 0.15) is 57.9 Å². The summed E-state index contributed by atoms with van der Waals surface area (Å²) in [5.74, 6) is -0.380. The van der Waals surface area contributed by atoms with E-state index in [1.54, 1.807) is 12.0 Å². The van der Waals surface area contributed by atoms with Crippen molar-refractivity contribution in [3.8, 4) is 5.75 Å². The number of amides is 1. The fourth-order valence-corrected chi connectivity index (χ4v) is 3.54. The minimum atomic E-state index is -0.865. The molecule has 1 heterocycles. The van der Waals surface area contributed by atoms with Crippen molar-refractivity contribution in [2.24, 2.45) is 0 Å². The highest BCUT2D eigenvalue weighted by molar-refractivity contribution is 5.69. The van der Waals surface area contributed by atoms with Gasteiger partial charge in [-0.05, 0) is 57.7 Å². The molecule has 156 valence electrons. The number of methoxy groups -OCH3 is 1. The van der Waals surface area contributed by atoms with Gasteiger partial charge in [0, 0.05) is 24.9 Å². The molecule has 0 bridgehead atoms. The molecular formula is C21H31NO6. The molecule has 7 heteroatoms. The molecule has 0 saturated carbocycles. The summed E-state index contributed by atoms with van der Waals surface area (Å²) in [6.45, 7) is 5.75. The quantitative estimate of drug-likeness (QED) is 0.769. The number of piperidine rings is 1. The first kappa shape index (κ1) is 22.0. The summed E-state index contributed by atoms with van der Waals surface area (Å²) in [7, 11) is 1.59. The predicted octanol–water partition coefficient (Wildman–Crippen LogP) is 3.40. The Bertz CT molecular complexity index is 666. The van der Waals surface area contributed by atoms with Crippen molar-refractivity contribution in [2.45, 2.75) is 70.1 Å². The number of rotatable bonds is 6. The highest BCUT2D eigenvalue weighted by Gasteiger charge is 2.39. The second-order valence-electron chi connectivity index (χ2n) is 8.26. The van der Waals surface area contributed by atoms with E-state index < -0.39 is 23.8 Å². The van der Waals surface area contributed by atoms with E-state index in [0.29, 0.717) is 25.8 Å². The largest absolute Gasteiger partial charge is 0.497 e. The van der Waals surface area contributed by atoms with Gasteiger partial charge in [0.05, 0.1) is 13.2 Å². The Balaban J connectivity index is 2.18. The highest BCUT2D eigenvalue weighted by Crippen LogP contribution is 2.34. The van der Waals surface area contributed by atoms with E-state index in [9.17, 15) is 14.7 Å². The van der Waals surface area contributed by atoms with Crippen molar-refractivity contribution in [3.63, 3.8) is 0 Å². The van der Waals surface area contributed by atoms with E-state index in [2.05, 4.69) is 0 Å². The smallest absolute Gasteiger partial charge is 0.410 e. The first-order valence-corrected chi connectivity index (χ1v) is 9.64. The Kier molecular flexibility index (Phi) is 7.29. The Morgan fingerprint density at radius 2 is 1.86 bits per heavy atom. The van der Waals surface area contributed by atoms with Crippen LogP contribution in [0.5, 0.6) is 5.75 Å². The monoisotopic (exact) mass is 393 g/mol. The summed E-state index contributed by atoms with van der Waals surface area (Å²) < 4.78 is 10.7. The summed E-state index contributed by atoms with van der Waals surface area (Å²) in [6, 6.07) is 7.20. The number of nitrogens with zero attached hydrogens (tertiary/aromatic N) is 1. The Morgan fingerprint density at radius 3 is 2.39 bits per heavy atom. The summed E-state index contributed by atoms with van der Waals surface area (Å²) in [4.78, 5) is 25.3. The number of aliphatic hydroxyl groups is 1. The topological polar surface area (TPSA) is 96.3 Å². The van der Waals surface area contributed by atoms with Crippen LogP contribution in [0.2, 0.25) is 0 Å². The lowest BCUT2D eigenvalue weighted by Gasteiger charge is -2.43. The van der Waals surface area contributed by atoms with Crippen molar-refractivity contribution in [2.75, 3.05) is 13.7 Å². The number of hydrogen-bond donors (Lipinski definition) is 2. The van der Waals surface area contributed by atoms with Crippen LogP contribution in [0.4, 0.5) is 4.79 Å². The maximum Gasteiger partial charge on any atom is 0.410 e. The van der Waals surface area contributed by atoms with Gasteiger partial charge in [-0.15, -0.1) is 0 Å². The van der Waals surface area contributed by atoms with Crippen LogP contribution in [0.15, 0.2) is 24.3 Å². The van der Waals surface area contributed by atoms with Crippen molar-refractivity contribution < 1.29 is 29.3 Å². The van der Waals surface area contributed by atoms with Crippen molar-refractivity contribution >= 4 is 12.1 Å². The van der Waals surface area contributed by atoms with E-state index in [0.717, 1.165) is 11.3 Å². The molecule has 0 aromatic heterocycles. The third kappa shape index (κ3) is 6.12. The zero-order valence-electron chi connectivity index (χ0n) is 17.1. The van der Waals surface area contributed by atoms with Crippen LogP contribution in [-0.4, -0.2) is 58.6 Å². The van der Waals surface area contributed by atoms with Crippen molar-refractivity contribution in [1.82, 2.24) is 4.90 Å². The van der Waals surface area contributed by atoms with Gasteiger partial charge in [0.25, 0.3) is 0 Å². The van der Waals surface area contributed by atoms with E-state index in [1.165, 1.54) is 0 Å². The molecule has 2 rings (SSSR count). The van der Waals surface area contributed by atoms with Gasteiger partial charge in [-0.25, -0.2) is 4.79 Å². The molecule has 0 unspecified atom stereocenters. The van der Waals surface area contributed by atoms with Gasteiger partial charge in [-0.3, -0.25) is 4.79 Å². The van der Waals surface area contributed by atoms with Crippen LogP contribution in [0.25, 0.3) is 0 Å². The van der Waals surface area contributed by atoms with Crippen LogP contribution in [0, 0.1) is 0 Å². The van der Waals surface area contributed by atoms with E-state index in [1.807, 2.05) is 45.0 Å². The molecule has 1 saturated heterocycles. The number of carbonyl (C=O) groups excluding carboxylic acids is 1. The Morgan fingerprint density at radius 1 is 1.21 bits per heavy atom. The maximum atomic E-state index is 12.8. The molecule has 2 N–H and O–H groups in total. The van der Waals surface area contributed by atoms with Crippen molar-refractivity contribution in [1.29, 1.82) is 0 Å². The van der Waals surface area contributed by atoms with Gasteiger partial charge >= 0.3 is 12.1 Å². The molecule has 1 aliphatic rings. The molecule has 1 aromatic rings. The van der Waals surface area contributed by atoms with Crippen LogP contribution in [-0.2, 0) is 9.53 Å². The minimum absolute atomic E-state index is 0.0384. The molecule has 7 nitrogen and oxygen atoms in total. The number of hydrogen-bond acceptors (Lipinski definition) is 5. The normalized spacial score (nSPS) is 22.6. The molecule has 0 spiro atoms. The summed E-state index contributed by atoms with van der Waals surface area (Å²) in [6.07, 6.45) is 0.323. The van der Waals surface area contributed by atoms with Gasteiger partial charge in [0.2, 0.25) is 0 Å². The van der Waals surface area contributed by atoms with Gasteiger partial charge in [-0.2, -0.15) is 0 Å². The van der Waals surface area contributed by atoms with Gasteiger partial charge in [-0.1, -0.05) is 12.1 Å². The van der Waals surface area contributed by atoms with Gasteiger partial charge < -0.3 is 24.6 Å². The average molecular weight is 393 g/mol. The number of carboxylic acid groups (broad SMARTS) is 1. The molecule has 1 fully saturated rings. The van der Waals surface area contributed by atoms with E-state index in [-0.39, 0.29) is 18.4 Å². The number of ether oxygens (including phenoxy) is 2. The van der Waals surface area contributed by atoms with Gasteiger partial charge in [0.15, 0.2) is 0 Å². The fraction of sp³-hybridized carbons (Fsp3) is 0.619. The minimum Gasteiger partial charge on any atom is -0.497 e. The standard InChI is InChI=1S/C21H31NO6/c1-21(2,3)28-20(26)22-13-17(14-8-10-16(27-4)11-9-14)18(23)12-15(22)6-5-7-19(24)25/h8-11,15,17-18,23H,5-7,12-13H2,1-4H3,(H,24,25)/t15-,17-,18-/m0/s1. The number of carboxylic acids is 1. The number of benzene rings is 1. The zero-order chi connectivity index (χ0) is 20.9. The van der Waals surface area contributed by atoms with Gasteiger partial charge in [0.1, 0.15) is 11.4 Å². The van der Waals surface area contributed by atoms with Crippen LogP contribution in [0.3, 0.4) is 0 Å². The fourth-order valence-electron chi connectivity index (χ4n) is 3.54. The third-order valence-electron chi connectivity index (χ3n) is 4.91. The average Bonchev–Trinajstić information content (AvgIpc) is 2.60. The Labute approximate surface area is 166 Å². The molecule has 1 amide bonds. The van der Waals surface area contributed by atoms with Crippen LogP contribution >= 0.6 is 0 Å². The van der Waals surface area contributed by atoms with E-state index >= 15 is 0 Å². The number of aliphatic carboxylic acids is 1. The lowest BCUT2D eigenvalue weighted by molar-refractivity contribution is -0.137. The summed E-state index contributed by atoms with van der Waals surface area (Å²) >= 11 is 0. The van der Waals surface area contributed by atoms with Crippen molar-refractivity contribution in [3.05, 3.63) is 29.8 Å². The predicted molar refractivity (Wildman–Crippen MR) is 105 cm³/mol. The zero-order valence-corrected chi connectivity index (χ0v) is 17.1. The third-order valence-corrected chi connectivity index (χ3v) is 4.91. The maximum absolute atomic E-state index is 12.8. The summed E-state index contributed by atoms with van der Waals surface area (Å²) in [5.41, 5.74) is 0.291. The summed E-state index contributed by atoms with van der Waals surface area (Å²) in [5, 5.41) is 19.6. The SMILES string of the molecule is COc1ccc([C@@H]2CN(C(=O)OC(C)(C)C)[C@@H](CCCC(=O)O)C[C@@H]2O)cc1. The first-order chi connectivity index (χ1) is 13.1. The number of likely N-dealkylation sites (tertiary alicyclic amines) is 1. The molecule has 0 aliphatic carbocycles. The number of carbonyl (C=O) groups is 2. The molecule has 0 radical (unpaired) electrons. The second-order valence-corrected chi connectivity index (χ2v) is 8.26. The molecule has 1 aliphatic heterocycles. The second kappa shape index (κ2) is 9.28. The molecular weight excluding hydrogens is 362 g/mol. The number of aliphatic hydroxyl groups excluding tert-OH is 1. The lowest BCUT2D eigenvalue weighted by Crippen LogP contribution is -2.52. The molecule has 1 aromatic carbocycles. The van der Waals surface area contributed by atoms with E-state index in [4.69, 9.17) is 14.6 Å².